The lowest BCUT2D eigenvalue weighted by Crippen LogP contribution is -2.44. The summed E-state index contributed by atoms with van der Waals surface area (Å²) in [6.45, 7) is 2.46. The third-order valence-corrected chi connectivity index (χ3v) is 3.42. The molecule has 1 aromatic rings. The van der Waals surface area contributed by atoms with Crippen LogP contribution in [0.4, 0.5) is 15.8 Å². The van der Waals surface area contributed by atoms with Gasteiger partial charge in [0, 0.05) is 12.5 Å². The van der Waals surface area contributed by atoms with Crippen LogP contribution in [0.3, 0.4) is 0 Å². The average molecular weight is 279 g/mol. The molecule has 6 heteroatoms. The molecule has 108 valence electrons. The third-order valence-electron chi connectivity index (χ3n) is 3.42. The summed E-state index contributed by atoms with van der Waals surface area (Å²) >= 11 is 0. The van der Waals surface area contributed by atoms with Gasteiger partial charge in [0.15, 0.2) is 0 Å². The number of piperidine rings is 1. The number of anilines is 2. The highest BCUT2D eigenvalue weighted by atomic mass is 19.1. The van der Waals surface area contributed by atoms with Crippen LogP contribution in [0.25, 0.3) is 0 Å². The van der Waals surface area contributed by atoms with E-state index in [2.05, 4.69) is 5.32 Å². The summed E-state index contributed by atoms with van der Waals surface area (Å²) < 4.78 is 12.9. The van der Waals surface area contributed by atoms with Crippen LogP contribution in [0.1, 0.15) is 19.8 Å². The lowest BCUT2D eigenvalue weighted by Gasteiger charge is -2.30. The molecule has 1 atom stereocenters. The number of nitrogens with two attached hydrogens (primary N) is 1. The second-order valence-electron chi connectivity index (χ2n) is 5.08. The Labute approximate surface area is 116 Å². The fraction of sp³-hybridized carbons (Fsp3) is 0.429. The number of hydrogen-bond donors (Lipinski definition) is 2. The van der Waals surface area contributed by atoms with Crippen LogP contribution in [0.5, 0.6) is 0 Å². The third kappa shape index (κ3) is 3.26. The highest BCUT2D eigenvalue weighted by Crippen LogP contribution is 2.20. The number of amides is 2. The lowest BCUT2D eigenvalue weighted by molar-refractivity contribution is -0.140. The van der Waals surface area contributed by atoms with Crippen molar-refractivity contribution in [3.8, 4) is 0 Å². The molecule has 1 saturated heterocycles. The van der Waals surface area contributed by atoms with E-state index < -0.39 is 5.82 Å². The van der Waals surface area contributed by atoms with Gasteiger partial charge < -0.3 is 16.0 Å². The van der Waals surface area contributed by atoms with Gasteiger partial charge in [-0.3, -0.25) is 9.59 Å². The van der Waals surface area contributed by atoms with Crippen LogP contribution in [0.2, 0.25) is 0 Å². The predicted molar refractivity (Wildman–Crippen MR) is 74.4 cm³/mol. The number of nitrogens with zero attached hydrogens (tertiary/aromatic N) is 1. The van der Waals surface area contributed by atoms with Crippen LogP contribution in [0, 0.1) is 11.7 Å². The number of nitrogens with one attached hydrogen (secondary N) is 1. The fourth-order valence-corrected chi connectivity index (χ4v) is 2.30. The summed E-state index contributed by atoms with van der Waals surface area (Å²) in [6, 6.07) is 3.77. The molecule has 2 amide bonds. The highest BCUT2D eigenvalue weighted by Gasteiger charge is 2.26. The van der Waals surface area contributed by atoms with Crippen LogP contribution < -0.4 is 11.1 Å². The SMILES string of the molecule is CC1CCCN(CC(=O)Nc2ccc(F)cc2N)C1=O. The van der Waals surface area contributed by atoms with Gasteiger partial charge in [-0.25, -0.2) is 4.39 Å². The highest BCUT2D eigenvalue weighted by molar-refractivity contribution is 5.97. The number of carbonyl (C=O) groups excluding carboxylic acids is 2. The lowest BCUT2D eigenvalue weighted by atomic mass is 9.99. The molecule has 20 heavy (non-hydrogen) atoms. The van der Waals surface area contributed by atoms with Crippen molar-refractivity contribution in [1.29, 1.82) is 0 Å². The monoisotopic (exact) mass is 279 g/mol. The second kappa shape index (κ2) is 5.90. The molecule has 1 aliphatic heterocycles. The number of rotatable bonds is 3. The Kier molecular flexibility index (Phi) is 4.22. The van der Waals surface area contributed by atoms with Gasteiger partial charge in [-0.1, -0.05) is 6.92 Å². The maximum Gasteiger partial charge on any atom is 0.244 e. The zero-order valence-electron chi connectivity index (χ0n) is 11.4. The summed E-state index contributed by atoms with van der Waals surface area (Å²) in [5, 5.41) is 2.60. The summed E-state index contributed by atoms with van der Waals surface area (Å²) in [6.07, 6.45) is 1.76. The van der Waals surface area contributed by atoms with Gasteiger partial charge in [0.25, 0.3) is 0 Å². The molecular weight excluding hydrogens is 261 g/mol. The maximum atomic E-state index is 12.9. The zero-order chi connectivity index (χ0) is 14.7. The Balaban J connectivity index is 1.97. The Morgan fingerprint density at radius 1 is 1.55 bits per heavy atom. The molecule has 2 rings (SSSR count). The molecule has 1 unspecified atom stereocenters. The summed E-state index contributed by atoms with van der Waals surface area (Å²) in [7, 11) is 0. The number of likely N-dealkylation sites (tertiary alicyclic amines) is 1. The van der Waals surface area contributed by atoms with E-state index in [4.69, 9.17) is 5.73 Å². The number of halogens is 1. The molecule has 1 fully saturated rings. The fourth-order valence-electron chi connectivity index (χ4n) is 2.30. The molecule has 0 radical (unpaired) electrons. The number of nitrogen functional groups attached to an aromatic ring is 1. The van der Waals surface area contributed by atoms with Gasteiger partial charge in [0.05, 0.1) is 17.9 Å². The minimum atomic E-state index is -0.458. The first-order valence-electron chi connectivity index (χ1n) is 6.61. The van der Waals surface area contributed by atoms with Gasteiger partial charge >= 0.3 is 0 Å². The molecule has 0 aliphatic carbocycles. The van der Waals surface area contributed by atoms with Crippen molar-refractivity contribution in [3.63, 3.8) is 0 Å². The minimum absolute atomic E-state index is 0.0000102. The molecule has 0 spiro atoms. The van der Waals surface area contributed by atoms with Crippen LogP contribution in [-0.2, 0) is 9.59 Å². The first kappa shape index (κ1) is 14.3. The predicted octanol–water partition coefficient (Wildman–Crippen LogP) is 1.60. The minimum Gasteiger partial charge on any atom is -0.397 e. The molecule has 3 N–H and O–H groups in total. The van der Waals surface area contributed by atoms with Gasteiger partial charge in [-0.2, -0.15) is 0 Å². The van der Waals surface area contributed by atoms with Crippen molar-refractivity contribution in [1.82, 2.24) is 4.90 Å². The van der Waals surface area contributed by atoms with E-state index in [1.54, 1.807) is 4.90 Å². The van der Waals surface area contributed by atoms with Gasteiger partial charge in [0.1, 0.15) is 5.82 Å². The van der Waals surface area contributed by atoms with E-state index in [9.17, 15) is 14.0 Å². The molecule has 1 aliphatic rings. The molecule has 0 aromatic heterocycles. The van der Waals surface area contributed by atoms with Crippen LogP contribution in [-0.4, -0.2) is 29.8 Å². The Bertz CT molecular complexity index is 533. The van der Waals surface area contributed by atoms with E-state index in [1.165, 1.54) is 12.1 Å². The van der Waals surface area contributed by atoms with Crippen LogP contribution in [0.15, 0.2) is 18.2 Å². The number of hydrogen-bond acceptors (Lipinski definition) is 3. The van der Waals surface area contributed by atoms with Crippen molar-refractivity contribution in [2.45, 2.75) is 19.8 Å². The van der Waals surface area contributed by atoms with Crippen molar-refractivity contribution in [2.75, 3.05) is 24.1 Å². The van der Waals surface area contributed by atoms with Gasteiger partial charge in [-0.15, -0.1) is 0 Å². The normalized spacial score (nSPS) is 19.0. The maximum absolute atomic E-state index is 12.9. The first-order valence-corrected chi connectivity index (χ1v) is 6.61. The standard InChI is InChI=1S/C14H18FN3O2/c1-9-3-2-6-18(14(9)20)8-13(19)17-12-5-4-10(15)7-11(12)16/h4-5,7,9H,2-3,6,8,16H2,1H3,(H,17,19). The zero-order valence-corrected chi connectivity index (χ0v) is 11.4. The number of carbonyl (C=O) groups is 2. The Morgan fingerprint density at radius 2 is 2.30 bits per heavy atom. The van der Waals surface area contributed by atoms with Crippen molar-refractivity contribution >= 4 is 23.2 Å². The van der Waals surface area contributed by atoms with E-state index in [0.29, 0.717) is 12.2 Å². The molecule has 1 heterocycles. The Morgan fingerprint density at radius 3 is 3.00 bits per heavy atom. The molecular formula is C14H18FN3O2. The first-order chi connectivity index (χ1) is 9.47. The molecule has 0 bridgehead atoms. The smallest absolute Gasteiger partial charge is 0.244 e. The number of benzene rings is 1. The second-order valence-corrected chi connectivity index (χ2v) is 5.08. The molecule has 5 nitrogen and oxygen atoms in total. The average Bonchev–Trinajstić information content (AvgIpc) is 2.38. The molecule has 0 saturated carbocycles. The van der Waals surface area contributed by atoms with E-state index >= 15 is 0 Å². The van der Waals surface area contributed by atoms with Gasteiger partial charge in [0.2, 0.25) is 11.8 Å². The Hall–Kier alpha value is -2.11. The van der Waals surface area contributed by atoms with Crippen LogP contribution >= 0.6 is 0 Å². The van der Waals surface area contributed by atoms with Crippen molar-refractivity contribution in [2.24, 2.45) is 5.92 Å². The van der Waals surface area contributed by atoms with E-state index in [0.717, 1.165) is 18.9 Å². The topological polar surface area (TPSA) is 75.4 Å². The van der Waals surface area contributed by atoms with Crippen molar-refractivity contribution < 1.29 is 14.0 Å². The summed E-state index contributed by atoms with van der Waals surface area (Å²) in [4.78, 5) is 25.4. The van der Waals surface area contributed by atoms with E-state index in [1.807, 2.05) is 6.92 Å². The van der Waals surface area contributed by atoms with E-state index in [-0.39, 0.29) is 30.0 Å². The quantitative estimate of drug-likeness (QED) is 0.825. The van der Waals surface area contributed by atoms with Gasteiger partial charge in [-0.05, 0) is 31.0 Å². The molecule has 1 aromatic carbocycles. The summed E-state index contributed by atoms with van der Waals surface area (Å²) in [5.74, 6) is -0.822. The largest absolute Gasteiger partial charge is 0.397 e. The summed E-state index contributed by atoms with van der Waals surface area (Å²) in [5.41, 5.74) is 6.14. The van der Waals surface area contributed by atoms with Crippen molar-refractivity contribution in [3.05, 3.63) is 24.0 Å².